The average Bonchev–Trinajstić information content (AvgIpc) is 2.76. The third-order valence-electron chi connectivity index (χ3n) is 2.76. The fourth-order valence-corrected chi connectivity index (χ4v) is 2.34. The molecule has 0 aliphatic heterocycles. The van der Waals surface area contributed by atoms with Gasteiger partial charge >= 0.3 is 0 Å². The molecule has 0 saturated carbocycles. The Kier molecular flexibility index (Phi) is 2.84. The molecule has 0 unspecified atom stereocenters. The molecule has 2 N–H and O–H groups in total. The summed E-state index contributed by atoms with van der Waals surface area (Å²) in [4.78, 5) is 4.37. The highest BCUT2D eigenvalue weighted by Gasteiger charge is 2.12. The van der Waals surface area contributed by atoms with Gasteiger partial charge in [-0.05, 0) is 24.3 Å². The lowest BCUT2D eigenvalue weighted by Gasteiger charge is -2.02. The lowest BCUT2D eigenvalue weighted by Crippen LogP contribution is -1.88. The number of hydrogen-bond donors (Lipinski definition) is 1. The number of nitrogens with two attached hydrogens (primary N) is 1. The molecule has 0 amide bonds. The predicted octanol–water partition coefficient (Wildman–Crippen LogP) is 4.03. The molecule has 96 valence electrons. The highest BCUT2D eigenvalue weighted by Crippen LogP contribution is 2.31. The van der Waals surface area contributed by atoms with E-state index in [2.05, 4.69) is 4.98 Å². The third-order valence-corrected chi connectivity index (χ3v) is 3.36. The molecule has 0 saturated heterocycles. The van der Waals surface area contributed by atoms with Crippen LogP contribution < -0.4 is 5.73 Å². The SMILES string of the molecule is Nc1ccc2nc(-c3cc(F)c(Cl)cc3Cl)cn2c1. The van der Waals surface area contributed by atoms with Gasteiger partial charge < -0.3 is 10.1 Å². The first-order valence-corrected chi connectivity index (χ1v) is 6.19. The Balaban J connectivity index is 2.21. The summed E-state index contributed by atoms with van der Waals surface area (Å²) in [5.41, 5.74) is 8.07. The molecule has 1 aromatic carbocycles. The summed E-state index contributed by atoms with van der Waals surface area (Å²) in [7, 11) is 0. The van der Waals surface area contributed by atoms with Crippen molar-refractivity contribution in [3.63, 3.8) is 0 Å². The lowest BCUT2D eigenvalue weighted by molar-refractivity contribution is 0.629. The van der Waals surface area contributed by atoms with Gasteiger partial charge in [0, 0.05) is 23.6 Å². The van der Waals surface area contributed by atoms with Crippen LogP contribution in [-0.2, 0) is 0 Å². The molecular weight excluding hydrogens is 288 g/mol. The number of fused-ring (bicyclic) bond motifs is 1. The van der Waals surface area contributed by atoms with Gasteiger partial charge in [-0.1, -0.05) is 23.2 Å². The van der Waals surface area contributed by atoms with Crippen molar-refractivity contribution < 1.29 is 4.39 Å². The Morgan fingerprint density at radius 2 is 1.89 bits per heavy atom. The maximum Gasteiger partial charge on any atom is 0.142 e. The Labute approximate surface area is 118 Å². The molecule has 0 radical (unpaired) electrons. The summed E-state index contributed by atoms with van der Waals surface area (Å²) < 4.78 is 15.3. The summed E-state index contributed by atoms with van der Waals surface area (Å²) in [6.45, 7) is 0. The molecule has 2 heterocycles. The standard InChI is InChI=1S/C13H8Cl2FN3/c14-9-4-10(15)11(16)3-8(9)12-6-19-5-7(17)1-2-13(19)18-12/h1-6H,17H2. The molecule has 3 aromatic rings. The number of imidazole rings is 1. The van der Waals surface area contributed by atoms with Crippen molar-refractivity contribution in [3.05, 3.63) is 52.5 Å². The molecule has 0 atom stereocenters. The van der Waals surface area contributed by atoms with Crippen LogP contribution in [0.15, 0.2) is 36.7 Å². The van der Waals surface area contributed by atoms with Crippen LogP contribution in [0.25, 0.3) is 16.9 Å². The largest absolute Gasteiger partial charge is 0.398 e. The Morgan fingerprint density at radius 1 is 1.11 bits per heavy atom. The fraction of sp³-hybridized carbons (Fsp3) is 0. The van der Waals surface area contributed by atoms with E-state index in [9.17, 15) is 4.39 Å². The Bertz CT molecular complexity index is 783. The van der Waals surface area contributed by atoms with Crippen molar-refractivity contribution in [2.24, 2.45) is 0 Å². The Morgan fingerprint density at radius 3 is 2.68 bits per heavy atom. The van der Waals surface area contributed by atoms with Crippen LogP contribution in [0.5, 0.6) is 0 Å². The number of nitrogen functional groups attached to an aromatic ring is 1. The maximum atomic E-state index is 13.5. The minimum atomic E-state index is -0.530. The summed E-state index contributed by atoms with van der Waals surface area (Å²) in [5.74, 6) is -0.530. The lowest BCUT2D eigenvalue weighted by atomic mass is 10.1. The van der Waals surface area contributed by atoms with Crippen molar-refractivity contribution in [3.8, 4) is 11.3 Å². The number of hydrogen-bond acceptors (Lipinski definition) is 2. The molecule has 2 aromatic heterocycles. The van der Waals surface area contributed by atoms with Gasteiger partial charge in [-0.3, -0.25) is 0 Å². The summed E-state index contributed by atoms with van der Waals surface area (Å²) >= 11 is 11.7. The second-order valence-corrected chi connectivity index (χ2v) is 4.91. The number of benzene rings is 1. The number of anilines is 1. The predicted molar refractivity (Wildman–Crippen MR) is 75.0 cm³/mol. The van der Waals surface area contributed by atoms with Crippen LogP contribution in [0.3, 0.4) is 0 Å². The highest BCUT2D eigenvalue weighted by atomic mass is 35.5. The number of rotatable bonds is 1. The van der Waals surface area contributed by atoms with Gasteiger partial charge in [0.15, 0.2) is 0 Å². The van der Waals surface area contributed by atoms with Crippen LogP contribution in [0.2, 0.25) is 10.0 Å². The summed E-state index contributed by atoms with van der Waals surface area (Å²) in [5, 5.41) is 0.338. The molecule has 0 aliphatic carbocycles. The Hall–Kier alpha value is -1.78. The van der Waals surface area contributed by atoms with Crippen LogP contribution in [0.4, 0.5) is 10.1 Å². The van der Waals surface area contributed by atoms with Crippen LogP contribution in [0.1, 0.15) is 0 Å². The van der Waals surface area contributed by atoms with Gasteiger partial charge in [0.2, 0.25) is 0 Å². The molecule has 0 aliphatic rings. The molecule has 0 spiro atoms. The minimum Gasteiger partial charge on any atom is -0.398 e. The second-order valence-electron chi connectivity index (χ2n) is 4.10. The third kappa shape index (κ3) is 2.13. The van der Waals surface area contributed by atoms with Crippen LogP contribution >= 0.6 is 23.2 Å². The van der Waals surface area contributed by atoms with E-state index in [1.807, 2.05) is 0 Å². The van der Waals surface area contributed by atoms with Crippen LogP contribution in [-0.4, -0.2) is 9.38 Å². The average molecular weight is 296 g/mol. The smallest absolute Gasteiger partial charge is 0.142 e. The highest BCUT2D eigenvalue weighted by molar-refractivity contribution is 6.36. The van der Waals surface area contributed by atoms with E-state index in [4.69, 9.17) is 28.9 Å². The van der Waals surface area contributed by atoms with Crippen molar-refractivity contribution >= 4 is 34.5 Å². The molecule has 0 bridgehead atoms. The monoisotopic (exact) mass is 295 g/mol. The zero-order chi connectivity index (χ0) is 13.6. The van der Waals surface area contributed by atoms with Crippen molar-refractivity contribution in [1.29, 1.82) is 0 Å². The molecule has 3 rings (SSSR count). The molecule has 6 heteroatoms. The van der Waals surface area contributed by atoms with E-state index in [1.54, 1.807) is 28.9 Å². The zero-order valence-corrected chi connectivity index (χ0v) is 11.1. The van der Waals surface area contributed by atoms with Crippen molar-refractivity contribution in [2.45, 2.75) is 0 Å². The normalized spacial score (nSPS) is 11.1. The zero-order valence-electron chi connectivity index (χ0n) is 9.57. The van der Waals surface area contributed by atoms with Crippen molar-refractivity contribution in [2.75, 3.05) is 5.73 Å². The maximum absolute atomic E-state index is 13.5. The number of nitrogens with zero attached hydrogens (tertiary/aromatic N) is 2. The quantitative estimate of drug-likeness (QED) is 0.689. The fourth-order valence-electron chi connectivity index (χ4n) is 1.86. The van der Waals surface area contributed by atoms with Crippen molar-refractivity contribution in [1.82, 2.24) is 9.38 Å². The second kappa shape index (κ2) is 4.40. The summed E-state index contributed by atoms with van der Waals surface area (Å²) in [6, 6.07) is 6.16. The topological polar surface area (TPSA) is 43.3 Å². The van der Waals surface area contributed by atoms with Gasteiger partial charge in [-0.25, -0.2) is 9.37 Å². The van der Waals surface area contributed by atoms with E-state index >= 15 is 0 Å². The number of aromatic nitrogens is 2. The van der Waals surface area contributed by atoms with E-state index in [-0.39, 0.29) is 5.02 Å². The molecular formula is C13H8Cl2FN3. The van der Waals surface area contributed by atoms with E-state index in [0.717, 1.165) is 0 Å². The first-order valence-electron chi connectivity index (χ1n) is 5.44. The first kappa shape index (κ1) is 12.3. The van der Waals surface area contributed by atoms with Gasteiger partial charge in [-0.15, -0.1) is 0 Å². The number of pyridine rings is 1. The van der Waals surface area contributed by atoms with E-state index < -0.39 is 5.82 Å². The van der Waals surface area contributed by atoms with Gasteiger partial charge in [0.05, 0.1) is 15.7 Å². The first-order chi connectivity index (χ1) is 9.04. The molecule has 19 heavy (non-hydrogen) atoms. The van der Waals surface area contributed by atoms with Crippen LogP contribution in [0, 0.1) is 5.82 Å². The number of halogens is 3. The van der Waals surface area contributed by atoms with E-state index in [1.165, 1.54) is 12.1 Å². The molecule has 0 fully saturated rings. The van der Waals surface area contributed by atoms with Gasteiger partial charge in [-0.2, -0.15) is 0 Å². The van der Waals surface area contributed by atoms with Gasteiger partial charge in [0.1, 0.15) is 11.5 Å². The molecule has 3 nitrogen and oxygen atoms in total. The van der Waals surface area contributed by atoms with Gasteiger partial charge in [0.25, 0.3) is 0 Å². The summed E-state index contributed by atoms with van der Waals surface area (Å²) in [6.07, 6.45) is 3.46. The minimum absolute atomic E-state index is 0.0123. The van der Waals surface area contributed by atoms with E-state index in [0.29, 0.717) is 27.6 Å².